The van der Waals surface area contributed by atoms with Crippen molar-refractivity contribution in [3.05, 3.63) is 101 Å². The zero-order chi connectivity index (χ0) is 27.6. The Balaban J connectivity index is 1.23. The number of carbonyl (C=O) groups excluding carboxylic acids is 1. The predicted molar refractivity (Wildman–Crippen MR) is 153 cm³/mol. The van der Waals surface area contributed by atoms with Crippen molar-refractivity contribution in [3.8, 4) is 11.5 Å². The van der Waals surface area contributed by atoms with E-state index in [-0.39, 0.29) is 25.1 Å². The summed E-state index contributed by atoms with van der Waals surface area (Å²) in [5.41, 5.74) is 6.56. The van der Waals surface area contributed by atoms with Crippen LogP contribution in [0, 0.1) is 0 Å². The fraction of sp³-hybridized carbons (Fsp3) is 0.250. The van der Waals surface area contributed by atoms with Gasteiger partial charge in [-0.1, -0.05) is 36.4 Å². The predicted octanol–water partition coefficient (Wildman–Crippen LogP) is 5.28. The summed E-state index contributed by atoms with van der Waals surface area (Å²) in [5.74, 6) is 1.52. The molecule has 1 unspecified atom stereocenters. The van der Waals surface area contributed by atoms with Gasteiger partial charge in [0.15, 0.2) is 0 Å². The first-order valence-corrected chi connectivity index (χ1v) is 13.5. The summed E-state index contributed by atoms with van der Waals surface area (Å²) in [6.07, 6.45) is 4.12. The Labute approximate surface area is 232 Å². The van der Waals surface area contributed by atoms with E-state index in [2.05, 4.69) is 35.3 Å². The van der Waals surface area contributed by atoms with Gasteiger partial charge >= 0.3 is 6.09 Å². The second kappa shape index (κ2) is 10.8. The van der Waals surface area contributed by atoms with Crippen LogP contribution in [0.25, 0.3) is 17.0 Å². The summed E-state index contributed by atoms with van der Waals surface area (Å²) >= 11 is 0. The number of fused-ring (bicyclic) bond motifs is 4. The average Bonchev–Trinajstić information content (AvgIpc) is 3.60. The molecule has 0 saturated heterocycles. The van der Waals surface area contributed by atoms with E-state index in [4.69, 9.17) is 14.6 Å². The van der Waals surface area contributed by atoms with Gasteiger partial charge in [0.05, 0.1) is 19.2 Å². The third-order valence-electron chi connectivity index (χ3n) is 7.67. The standard InChI is InChI=1S/C32H31N3O5/c1-34(32(37)38)17-19-39-24-10-6-21(7-11-24)8-13-29(36)35-16-14-26-25-4-2-3-5-27(25)33-30(26)31(35)23-9-12-28-22(20-23)15-18-40-28/h2-13,20,31,33H,14-19H2,1H3,(H,37,38). The first-order valence-electron chi connectivity index (χ1n) is 13.5. The van der Waals surface area contributed by atoms with Crippen molar-refractivity contribution in [2.75, 3.05) is 33.4 Å². The van der Waals surface area contributed by atoms with Crippen LogP contribution in [0.4, 0.5) is 4.79 Å². The highest BCUT2D eigenvalue weighted by molar-refractivity contribution is 5.93. The first kappa shape index (κ1) is 25.6. The number of H-pyrrole nitrogens is 1. The lowest BCUT2D eigenvalue weighted by Gasteiger charge is -2.36. The van der Waals surface area contributed by atoms with E-state index in [0.717, 1.165) is 40.9 Å². The van der Waals surface area contributed by atoms with Crippen molar-refractivity contribution in [3.63, 3.8) is 0 Å². The van der Waals surface area contributed by atoms with Crippen LogP contribution in [0.2, 0.25) is 0 Å². The normalized spacial score (nSPS) is 16.0. The van der Waals surface area contributed by atoms with Gasteiger partial charge in [-0.25, -0.2) is 4.79 Å². The lowest BCUT2D eigenvalue weighted by atomic mass is 9.91. The van der Waals surface area contributed by atoms with E-state index in [1.807, 2.05) is 47.4 Å². The van der Waals surface area contributed by atoms with E-state index in [9.17, 15) is 9.59 Å². The van der Waals surface area contributed by atoms with E-state index >= 15 is 0 Å². The van der Waals surface area contributed by atoms with Gasteiger partial charge in [-0.3, -0.25) is 4.79 Å². The quantitative estimate of drug-likeness (QED) is 0.313. The molecule has 204 valence electrons. The first-order chi connectivity index (χ1) is 19.5. The van der Waals surface area contributed by atoms with Gasteiger partial charge in [-0.05, 0) is 65.1 Å². The minimum atomic E-state index is -0.990. The molecule has 0 radical (unpaired) electrons. The Morgan fingerprint density at radius 1 is 1.12 bits per heavy atom. The molecule has 3 heterocycles. The van der Waals surface area contributed by atoms with Crippen molar-refractivity contribution in [2.45, 2.75) is 18.9 Å². The molecule has 3 aromatic carbocycles. The maximum Gasteiger partial charge on any atom is 0.407 e. The van der Waals surface area contributed by atoms with Crippen LogP contribution in [0.5, 0.6) is 11.5 Å². The molecule has 1 atom stereocenters. The number of likely N-dealkylation sites (N-methyl/N-ethyl adjacent to an activating group) is 1. The minimum absolute atomic E-state index is 0.0527. The number of para-hydroxylation sites is 1. The lowest BCUT2D eigenvalue weighted by Crippen LogP contribution is -2.39. The second-order valence-electron chi connectivity index (χ2n) is 10.2. The number of nitrogens with one attached hydrogen (secondary N) is 1. The number of aromatic nitrogens is 1. The molecule has 0 saturated carbocycles. The SMILES string of the molecule is CN(CCOc1ccc(C=CC(=O)N2CCc3c([nH]c4ccccc34)C2c2ccc3c(c2)CCO3)cc1)C(=O)O. The topological polar surface area (TPSA) is 95.1 Å². The van der Waals surface area contributed by atoms with Crippen LogP contribution < -0.4 is 9.47 Å². The third-order valence-corrected chi connectivity index (χ3v) is 7.67. The summed E-state index contributed by atoms with van der Waals surface area (Å²) in [6, 6.07) is 21.8. The Bertz CT molecular complexity index is 1590. The van der Waals surface area contributed by atoms with Crippen LogP contribution in [0.1, 0.15) is 34.0 Å². The van der Waals surface area contributed by atoms with Gasteiger partial charge < -0.3 is 29.4 Å². The number of hydrogen-bond acceptors (Lipinski definition) is 4. The van der Waals surface area contributed by atoms with Crippen LogP contribution in [0.3, 0.4) is 0 Å². The zero-order valence-corrected chi connectivity index (χ0v) is 22.3. The number of carbonyl (C=O) groups is 2. The molecule has 0 fully saturated rings. The van der Waals surface area contributed by atoms with Crippen LogP contribution in [-0.2, 0) is 17.6 Å². The molecule has 2 aliphatic heterocycles. The molecule has 0 bridgehead atoms. The molecule has 0 spiro atoms. The number of aromatic amines is 1. The van der Waals surface area contributed by atoms with E-state index in [1.165, 1.54) is 28.5 Å². The summed E-state index contributed by atoms with van der Waals surface area (Å²) in [4.78, 5) is 31.3. The molecule has 2 amide bonds. The van der Waals surface area contributed by atoms with Crippen LogP contribution in [0.15, 0.2) is 72.8 Å². The molecular weight excluding hydrogens is 506 g/mol. The summed E-state index contributed by atoms with van der Waals surface area (Å²) in [6.45, 7) is 1.85. The van der Waals surface area contributed by atoms with Gasteiger partial charge in [-0.2, -0.15) is 0 Å². The average molecular weight is 538 g/mol. The molecule has 0 aliphatic carbocycles. The number of nitrogens with zero attached hydrogens (tertiary/aromatic N) is 2. The number of benzene rings is 3. The fourth-order valence-electron chi connectivity index (χ4n) is 5.54. The number of ether oxygens (including phenoxy) is 2. The Morgan fingerprint density at radius 3 is 2.77 bits per heavy atom. The van der Waals surface area contributed by atoms with Crippen molar-refractivity contribution < 1.29 is 24.2 Å². The molecular formula is C32H31N3O5. The van der Waals surface area contributed by atoms with Gasteiger partial charge in [0, 0.05) is 42.7 Å². The molecule has 2 aliphatic rings. The van der Waals surface area contributed by atoms with Crippen LogP contribution >= 0.6 is 0 Å². The highest BCUT2D eigenvalue weighted by atomic mass is 16.5. The highest BCUT2D eigenvalue weighted by Crippen LogP contribution is 2.40. The van der Waals surface area contributed by atoms with Gasteiger partial charge in [0.25, 0.3) is 0 Å². The van der Waals surface area contributed by atoms with E-state index in [1.54, 1.807) is 6.08 Å². The molecule has 4 aromatic rings. The van der Waals surface area contributed by atoms with Gasteiger partial charge in [0.2, 0.25) is 5.91 Å². The summed E-state index contributed by atoms with van der Waals surface area (Å²) < 4.78 is 11.4. The largest absolute Gasteiger partial charge is 0.493 e. The Hall–Kier alpha value is -4.72. The van der Waals surface area contributed by atoms with Crippen molar-refractivity contribution in [1.29, 1.82) is 0 Å². The Kier molecular flexibility index (Phi) is 6.90. The van der Waals surface area contributed by atoms with Crippen molar-refractivity contribution >= 4 is 29.0 Å². The maximum absolute atomic E-state index is 13.7. The molecule has 6 rings (SSSR count). The summed E-state index contributed by atoms with van der Waals surface area (Å²) in [5, 5.41) is 10.2. The molecule has 40 heavy (non-hydrogen) atoms. The fourth-order valence-corrected chi connectivity index (χ4v) is 5.54. The second-order valence-corrected chi connectivity index (χ2v) is 10.2. The molecule has 2 N–H and O–H groups in total. The van der Waals surface area contributed by atoms with Gasteiger partial charge in [0.1, 0.15) is 18.1 Å². The molecule has 8 nitrogen and oxygen atoms in total. The number of hydrogen-bond donors (Lipinski definition) is 2. The Morgan fingerprint density at radius 2 is 1.95 bits per heavy atom. The van der Waals surface area contributed by atoms with Crippen molar-refractivity contribution in [1.82, 2.24) is 14.8 Å². The lowest BCUT2D eigenvalue weighted by molar-refractivity contribution is -0.128. The van der Waals surface area contributed by atoms with Crippen molar-refractivity contribution in [2.24, 2.45) is 0 Å². The molecule has 8 heteroatoms. The zero-order valence-electron chi connectivity index (χ0n) is 22.3. The van der Waals surface area contributed by atoms with Gasteiger partial charge in [-0.15, -0.1) is 0 Å². The smallest absolute Gasteiger partial charge is 0.407 e. The summed E-state index contributed by atoms with van der Waals surface area (Å²) in [7, 11) is 1.50. The van der Waals surface area contributed by atoms with Crippen LogP contribution in [-0.4, -0.2) is 65.2 Å². The minimum Gasteiger partial charge on any atom is -0.493 e. The third kappa shape index (κ3) is 5.00. The number of rotatable bonds is 7. The number of carboxylic acid groups (broad SMARTS) is 1. The molecule has 1 aromatic heterocycles. The van der Waals surface area contributed by atoms with E-state index in [0.29, 0.717) is 18.9 Å². The number of amides is 2. The maximum atomic E-state index is 13.7. The monoisotopic (exact) mass is 537 g/mol. The van der Waals surface area contributed by atoms with E-state index < -0.39 is 6.09 Å². The highest BCUT2D eigenvalue weighted by Gasteiger charge is 2.34.